The number of unbranched alkanes of at least 4 members (excludes halogenated alkanes) is 1. The third-order valence-corrected chi connectivity index (χ3v) is 2.82. The second-order valence-corrected chi connectivity index (χ2v) is 4.58. The molecule has 0 radical (unpaired) electrons. The Hall–Kier alpha value is -1.81. The van der Waals surface area contributed by atoms with Gasteiger partial charge < -0.3 is 14.9 Å². The van der Waals surface area contributed by atoms with Crippen molar-refractivity contribution in [3.8, 4) is 17.1 Å². The molecular formula is C15H20N2O2. The summed E-state index contributed by atoms with van der Waals surface area (Å²) >= 11 is 0. The summed E-state index contributed by atoms with van der Waals surface area (Å²) in [5.41, 5.74) is 6.70. The summed E-state index contributed by atoms with van der Waals surface area (Å²) in [6.07, 6.45) is 3.91. The number of nitrogens with two attached hydrogens (primary N) is 1. The maximum absolute atomic E-state index is 5.72. The normalized spacial score (nSPS) is 12.4. The molecule has 2 aromatic rings. The molecule has 0 amide bonds. The molecule has 102 valence electrons. The van der Waals surface area contributed by atoms with Crippen LogP contribution in [0.4, 0.5) is 0 Å². The molecule has 4 nitrogen and oxygen atoms in total. The van der Waals surface area contributed by atoms with Gasteiger partial charge >= 0.3 is 0 Å². The fourth-order valence-electron chi connectivity index (χ4n) is 1.68. The molecule has 0 fully saturated rings. The zero-order valence-corrected chi connectivity index (χ0v) is 11.4. The highest BCUT2D eigenvalue weighted by atomic mass is 16.5. The van der Waals surface area contributed by atoms with E-state index < -0.39 is 0 Å². The van der Waals surface area contributed by atoms with E-state index in [1.54, 1.807) is 6.20 Å². The number of nitrogens with zero attached hydrogens (tertiary/aromatic N) is 1. The first kappa shape index (κ1) is 13.6. The smallest absolute Gasteiger partial charge is 0.211 e. The van der Waals surface area contributed by atoms with Gasteiger partial charge in [-0.05, 0) is 37.6 Å². The van der Waals surface area contributed by atoms with Crippen LogP contribution in [0.3, 0.4) is 0 Å². The number of hydrogen-bond donors (Lipinski definition) is 1. The predicted octanol–water partition coefficient (Wildman–Crippen LogP) is 3.54. The highest BCUT2D eigenvalue weighted by Crippen LogP contribution is 2.24. The summed E-state index contributed by atoms with van der Waals surface area (Å²) in [6.45, 7) is 4.75. The minimum Gasteiger partial charge on any atom is -0.494 e. The third-order valence-electron chi connectivity index (χ3n) is 2.82. The second-order valence-electron chi connectivity index (χ2n) is 4.58. The van der Waals surface area contributed by atoms with E-state index in [-0.39, 0.29) is 6.04 Å². The fraction of sp³-hybridized carbons (Fsp3) is 0.400. The van der Waals surface area contributed by atoms with Gasteiger partial charge in [0.05, 0.1) is 18.8 Å². The van der Waals surface area contributed by atoms with E-state index in [0.29, 0.717) is 5.89 Å². The van der Waals surface area contributed by atoms with Crippen molar-refractivity contribution in [1.29, 1.82) is 0 Å². The lowest BCUT2D eigenvalue weighted by molar-refractivity contribution is 0.309. The molecule has 0 aliphatic carbocycles. The lowest BCUT2D eigenvalue weighted by atomic mass is 10.2. The van der Waals surface area contributed by atoms with E-state index >= 15 is 0 Å². The molecule has 1 heterocycles. The highest BCUT2D eigenvalue weighted by molar-refractivity contribution is 5.57. The average molecular weight is 260 g/mol. The van der Waals surface area contributed by atoms with Gasteiger partial charge in [0.2, 0.25) is 5.89 Å². The first-order chi connectivity index (χ1) is 9.20. The van der Waals surface area contributed by atoms with Gasteiger partial charge in [-0.25, -0.2) is 4.98 Å². The molecule has 0 aliphatic heterocycles. The predicted molar refractivity (Wildman–Crippen MR) is 74.9 cm³/mol. The van der Waals surface area contributed by atoms with E-state index in [1.165, 1.54) is 0 Å². The summed E-state index contributed by atoms with van der Waals surface area (Å²) in [4.78, 5) is 4.15. The molecule has 1 aromatic carbocycles. The topological polar surface area (TPSA) is 61.3 Å². The van der Waals surface area contributed by atoms with E-state index in [1.807, 2.05) is 31.2 Å². The number of hydrogen-bond acceptors (Lipinski definition) is 4. The molecule has 19 heavy (non-hydrogen) atoms. The third kappa shape index (κ3) is 3.58. The molecule has 2 N–H and O–H groups in total. The van der Waals surface area contributed by atoms with Crippen LogP contribution in [0, 0.1) is 0 Å². The van der Waals surface area contributed by atoms with Crippen LogP contribution >= 0.6 is 0 Å². The summed E-state index contributed by atoms with van der Waals surface area (Å²) in [6, 6.07) is 7.63. The molecular weight excluding hydrogens is 240 g/mol. The van der Waals surface area contributed by atoms with Crippen molar-refractivity contribution in [2.45, 2.75) is 32.7 Å². The number of benzene rings is 1. The Kier molecular flexibility index (Phi) is 4.58. The maximum atomic E-state index is 5.72. The molecule has 1 atom stereocenters. The minimum atomic E-state index is -0.189. The van der Waals surface area contributed by atoms with Crippen LogP contribution in [0.15, 0.2) is 34.9 Å². The van der Waals surface area contributed by atoms with E-state index in [0.717, 1.165) is 36.5 Å². The van der Waals surface area contributed by atoms with E-state index in [4.69, 9.17) is 14.9 Å². The summed E-state index contributed by atoms with van der Waals surface area (Å²) in [7, 11) is 0. The number of aromatic nitrogens is 1. The highest BCUT2D eigenvalue weighted by Gasteiger charge is 2.09. The average Bonchev–Trinajstić information content (AvgIpc) is 2.90. The monoisotopic (exact) mass is 260 g/mol. The van der Waals surface area contributed by atoms with Gasteiger partial charge in [-0.15, -0.1) is 0 Å². The number of oxazole rings is 1. The van der Waals surface area contributed by atoms with Crippen LogP contribution in [0.2, 0.25) is 0 Å². The van der Waals surface area contributed by atoms with Gasteiger partial charge in [-0.1, -0.05) is 13.3 Å². The van der Waals surface area contributed by atoms with Crippen molar-refractivity contribution in [2.24, 2.45) is 5.73 Å². The lowest BCUT2D eigenvalue weighted by Gasteiger charge is -2.05. The van der Waals surface area contributed by atoms with Gasteiger partial charge in [0.25, 0.3) is 0 Å². The molecule has 0 saturated carbocycles. The Morgan fingerprint density at radius 3 is 2.63 bits per heavy atom. The van der Waals surface area contributed by atoms with Crippen LogP contribution < -0.4 is 10.5 Å². The molecule has 0 bridgehead atoms. The first-order valence-electron chi connectivity index (χ1n) is 6.65. The summed E-state index contributed by atoms with van der Waals surface area (Å²) < 4.78 is 11.2. The van der Waals surface area contributed by atoms with Crippen molar-refractivity contribution in [1.82, 2.24) is 4.98 Å². The largest absolute Gasteiger partial charge is 0.494 e. The van der Waals surface area contributed by atoms with Gasteiger partial charge in [0, 0.05) is 5.56 Å². The standard InChI is InChI=1S/C15H20N2O2/c1-3-4-9-18-13-7-5-12(6-8-13)14-10-17-15(19-14)11(2)16/h5-8,10-11H,3-4,9,16H2,1-2H3. The molecule has 2 rings (SSSR count). The van der Waals surface area contributed by atoms with E-state index in [2.05, 4.69) is 11.9 Å². The van der Waals surface area contributed by atoms with Crippen LogP contribution in [0.25, 0.3) is 11.3 Å². The van der Waals surface area contributed by atoms with Crippen LogP contribution in [0.1, 0.15) is 38.6 Å². The summed E-state index contributed by atoms with van der Waals surface area (Å²) in [5.74, 6) is 2.16. The zero-order chi connectivity index (χ0) is 13.7. The van der Waals surface area contributed by atoms with Gasteiger partial charge in [0.1, 0.15) is 5.75 Å². The maximum Gasteiger partial charge on any atom is 0.211 e. The van der Waals surface area contributed by atoms with Crippen LogP contribution in [0.5, 0.6) is 5.75 Å². The Balaban J connectivity index is 2.04. The Bertz CT molecular complexity index is 503. The molecule has 0 spiro atoms. The second kappa shape index (κ2) is 6.38. The number of ether oxygens (including phenoxy) is 1. The van der Waals surface area contributed by atoms with Gasteiger partial charge in [0.15, 0.2) is 5.76 Å². The van der Waals surface area contributed by atoms with Crippen molar-refractivity contribution in [2.75, 3.05) is 6.61 Å². The quantitative estimate of drug-likeness (QED) is 0.807. The molecule has 0 aliphatic rings. The molecule has 1 aromatic heterocycles. The van der Waals surface area contributed by atoms with Crippen molar-refractivity contribution >= 4 is 0 Å². The Morgan fingerprint density at radius 2 is 2.05 bits per heavy atom. The SMILES string of the molecule is CCCCOc1ccc(-c2cnc(C(C)N)o2)cc1. The summed E-state index contributed by atoms with van der Waals surface area (Å²) in [5, 5.41) is 0. The van der Waals surface area contributed by atoms with Crippen molar-refractivity contribution < 1.29 is 9.15 Å². The fourth-order valence-corrected chi connectivity index (χ4v) is 1.68. The van der Waals surface area contributed by atoms with Crippen molar-refractivity contribution in [3.05, 3.63) is 36.4 Å². The first-order valence-corrected chi connectivity index (χ1v) is 6.65. The van der Waals surface area contributed by atoms with Crippen LogP contribution in [-0.2, 0) is 0 Å². The number of rotatable bonds is 6. The van der Waals surface area contributed by atoms with E-state index in [9.17, 15) is 0 Å². The molecule has 4 heteroatoms. The zero-order valence-electron chi connectivity index (χ0n) is 11.4. The Morgan fingerprint density at radius 1 is 1.32 bits per heavy atom. The lowest BCUT2D eigenvalue weighted by Crippen LogP contribution is -2.04. The molecule has 1 unspecified atom stereocenters. The Labute approximate surface area is 113 Å². The minimum absolute atomic E-state index is 0.189. The van der Waals surface area contributed by atoms with Crippen LogP contribution in [-0.4, -0.2) is 11.6 Å². The van der Waals surface area contributed by atoms with Crippen molar-refractivity contribution in [3.63, 3.8) is 0 Å². The van der Waals surface area contributed by atoms with Gasteiger partial charge in [-0.3, -0.25) is 0 Å². The molecule has 0 saturated heterocycles. The van der Waals surface area contributed by atoms with Gasteiger partial charge in [-0.2, -0.15) is 0 Å².